The summed E-state index contributed by atoms with van der Waals surface area (Å²) in [7, 11) is 0. The highest BCUT2D eigenvalue weighted by molar-refractivity contribution is 5.80. The van der Waals surface area contributed by atoms with E-state index in [9.17, 15) is 0 Å². The Balaban J connectivity index is 1.49. The lowest BCUT2D eigenvalue weighted by Crippen LogP contribution is -1.94. The van der Waals surface area contributed by atoms with Gasteiger partial charge in [0.1, 0.15) is 0 Å². The molecule has 0 amide bonds. The van der Waals surface area contributed by atoms with Crippen molar-refractivity contribution in [3.63, 3.8) is 0 Å². The van der Waals surface area contributed by atoms with Crippen molar-refractivity contribution in [1.82, 2.24) is 35.2 Å². The van der Waals surface area contributed by atoms with Crippen LogP contribution >= 0.6 is 0 Å². The molecule has 0 aliphatic carbocycles. The first-order chi connectivity index (χ1) is 14.3. The molecule has 2 aromatic carbocycles. The molecule has 0 aliphatic heterocycles. The zero-order valence-corrected chi connectivity index (χ0v) is 15.9. The summed E-state index contributed by atoms with van der Waals surface area (Å²) in [5.41, 5.74) is 7.57. The van der Waals surface area contributed by atoms with E-state index in [1.165, 1.54) is 11.1 Å². The molecule has 0 saturated heterocycles. The molecule has 1 N–H and O–H groups in total. The van der Waals surface area contributed by atoms with E-state index in [0.29, 0.717) is 5.82 Å². The summed E-state index contributed by atoms with van der Waals surface area (Å²) in [6.45, 7) is 2.13. The number of tetrazole rings is 1. The first-order valence-electron chi connectivity index (χ1n) is 9.56. The second-order valence-corrected chi connectivity index (χ2v) is 6.82. The van der Waals surface area contributed by atoms with Crippen LogP contribution in [0.2, 0.25) is 0 Å². The second-order valence-electron chi connectivity index (χ2n) is 6.82. The number of aryl methyl sites for hydroxylation is 1. The summed E-state index contributed by atoms with van der Waals surface area (Å²) < 4.78 is 1.86. The number of aromatic amines is 1. The van der Waals surface area contributed by atoms with E-state index in [4.69, 9.17) is 0 Å². The van der Waals surface area contributed by atoms with Crippen LogP contribution in [0.15, 0.2) is 67.0 Å². The fourth-order valence-electron chi connectivity index (χ4n) is 3.66. The summed E-state index contributed by atoms with van der Waals surface area (Å²) >= 11 is 0. The molecule has 0 bridgehead atoms. The van der Waals surface area contributed by atoms with E-state index < -0.39 is 0 Å². The second kappa shape index (κ2) is 7.27. The van der Waals surface area contributed by atoms with Crippen molar-refractivity contribution in [3.8, 4) is 22.5 Å². The lowest BCUT2D eigenvalue weighted by molar-refractivity contribution is 0.881. The Hall–Kier alpha value is -3.87. The number of H-pyrrole nitrogens is 1. The van der Waals surface area contributed by atoms with Crippen molar-refractivity contribution in [2.24, 2.45) is 0 Å². The van der Waals surface area contributed by atoms with Gasteiger partial charge in [-0.15, -0.1) is 10.2 Å². The molecule has 0 radical (unpaired) electrons. The number of nitrogens with zero attached hydrogens (tertiary/aromatic N) is 6. The Morgan fingerprint density at radius 2 is 1.79 bits per heavy atom. The zero-order valence-electron chi connectivity index (χ0n) is 15.9. The number of rotatable bonds is 5. The smallest absolute Gasteiger partial charge is 0.205 e. The SMILES string of the molecule is CCc1nn2cccnc2c1Cc1ccc(-c2ccccc2-c2nn[nH]n2)cc1. The summed E-state index contributed by atoms with van der Waals surface area (Å²) in [4.78, 5) is 4.53. The molecule has 29 heavy (non-hydrogen) atoms. The van der Waals surface area contributed by atoms with Crippen molar-refractivity contribution >= 4 is 5.65 Å². The van der Waals surface area contributed by atoms with E-state index in [-0.39, 0.29) is 0 Å². The van der Waals surface area contributed by atoms with E-state index in [1.54, 1.807) is 0 Å². The first-order valence-corrected chi connectivity index (χ1v) is 9.56. The summed E-state index contributed by atoms with van der Waals surface area (Å²) in [5.74, 6) is 0.592. The molecule has 0 unspecified atom stereocenters. The summed E-state index contributed by atoms with van der Waals surface area (Å²) in [5, 5.41) is 19.1. The van der Waals surface area contributed by atoms with Gasteiger partial charge in [-0.2, -0.15) is 10.3 Å². The third-order valence-electron chi connectivity index (χ3n) is 5.07. The van der Waals surface area contributed by atoms with Crippen LogP contribution in [0.1, 0.15) is 23.7 Å². The number of aromatic nitrogens is 7. The van der Waals surface area contributed by atoms with Crippen molar-refractivity contribution in [1.29, 1.82) is 0 Å². The van der Waals surface area contributed by atoms with Crippen LogP contribution in [0, 0.1) is 0 Å². The van der Waals surface area contributed by atoms with Crippen LogP contribution in [-0.2, 0) is 12.8 Å². The van der Waals surface area contributed by atoms with E-state index in [0.717, 1.165) is 40.9 Å². The largest absolute Gasteiger partial charge is 0.237 e. The van der Waals surface area contributed by atoms with Crippen molar-refractivity contribution in [2.45, 2.75) is 19.8 Å². The van der Waals surface area contributed by atoms with Crippen molar-refractivity contribution in [3.05, 3.63) is 83.8 Å². The maximum atomic E-state index is 4.66. The Bertz CT molecular complexity index is 1250. The minimum atomic E-state index is 0.592. The van der Waals surface area contributed by atoms with Gasteiger partial charge in [-0.3, -0.25) is 0 Å². The Morgan fingerprint density at radius 3 is 2.55 bits per heavy atom. The molecule has 3 heterocycles. The standard InChI is InChI=1S/C22H19N7/c1-2-20-19(22-23-12-5-13-29(22)26-20)14-15-8-10-16(11-9-15)17-6-3-4-7-18(17)21-24-27-28-25-21/h3-13H,2,14H2,1H3,(H,24,25,27,28). The zero-order chi connectivity index (χ0) is 19.6. The minimum Gasteiger partial charge on any atom is -0.237 e. The van der Waals surface area contributed by atoms with Crippen LogP contribution in [0.25, 0.3) is 28.2 Å². The average Bonchev–Trinajstić information content (AvgIpc) is 3.43. The van der Waals surface area contributed by atoms with Crippen LogP contribution in [0.3, 0.4) is 0 Å². The van der Waals surface area contributed by atoms with Crippen molar-refractivity contribution in [2.75, 3.05) is 0 Å². The molecule has 0 saturated carbocycles. The lowest BCUT2D eigenvalue weighted by atomic mass is 9.96. The summed E-state index contributed by atoms with van der Waals surface area (Å²) in [6, 6.07) is 18.6. The topological polar surface area (TPSA) is 84.6 Å². The maximum absolute atomic E-state index is 4.66. The third-order valence-corrected chi connectivity index (χ3v) is 5.07. The number of hydrogen-bond donors (Lipinski definition) is 1. The lowest BCUT2D eigenvalue weighted by Gasteiger charge is -2.08. The Kier molecular flexibility index (Phi) is 4.32. The molecular weight excluding hydrogens is 362 g/mol. The van der Waals surface area contributed by atoms with Gasteiger partial charge in [-0.05, 0) is 34.4 Å². The number of benzene rings is 2. The van der Waals surface area contributed by atoms with Gasteiger partial charge in [0.2, 0.25) is 5.82 Å². The highest BCUT2D eigenvalue weighted by atomic mass is 15.5. The quantitative estimate of drug-likeness (QED) is 0.501. The number of nitrogens with one attached hydrogen (secondary N) is 1. The van der Waals surface area contributed by atoms with Gasteiger partial charge in [0.15, 0.2) is 5.65 Å². The maximum Gasteiger partial charge on any atom is 0.205 e. The van der Waals surface area contributed by atoms with Crippen LogP contribution in [0.5, 0.6) is 0 Å². The monoisotopic (exact) mass is 381 g/mol. The van der Waals surface area contributed by atoms with Crippen molar-refractivity contribution < 1.29 is 0 Å². The molecule has 7 nitrogen and oxygen atoms in total. The Labute approximate surface area is 167 Å². The molecule has 5 rings (SSSR count). The first kappa shape index (κ1) is 17.2. The normalized spacial score (nSPS) is 11.2. The average molecular weight is 381 g/mol. The highest BCUT2D eigenvalue weighted by Crippen LogP contribution is 2.30. The van der Waals surface area contributed by atoms with Gasteiger partial charge in [0.25, 0.3) is 0 Å². The molecule has 0 aliphatic rings. The number of fused-ring (bicyclic) bond motifs is 1. The molecule has 0 spiro atoms. The molecular formula is C22H19N7. The van der Waals surface area contributed by atoms with Gasteiger partial charge < -0.3 is 0 Å². The van der Waals surface area contributed by atoms with Gasteiger partial charge in [-0.25, -0.2) is 9.50 Å². The predicted molar refractivity (Wildman–Crippen MR) is 110 cm³/mol. The molecule has 7 heteroatoms. The van der Waals surface area contributed by atoms with Gasteiger partial charge in [0, 0.05) is 29.9 Å². The van der Waals surface area contributed by atoms with E-state index >= 15 is 0 Å². The fraction of sp³-hybridized carbons (Fsp3) is 0.136. The van der Waals surface area contributed by atoms with Gasteiger partial charge in [-0.1, -0.05) is 55.5 Å². The van der Waals surface area contributed by atoms with Gasteiger partial charge >= 0.3 is 0 Å². The molecule has 142 valence electrons. The van der Waals surface area contributed by atoms with E-state index in [2.05, 4.69) is 68.0 Å². The molecule has 3 aromatic heterocycles. The minimum absolute atomic E-state index is 0.592. The molecule has 0 atom stereocenters. The van der Waals surface area contributed by atoms with Gasteiger partial charge in [0.05, 0.1) is 5.69 Å². The predicted octanol–water partition coefficient (Wildman–Crippen LogP) is 3.73. The Morgan fingerprint density at radius 1 is 0.966 bits per heavy atom. The van der Waals surface area contributed by atoms with Crippen LogP contribution in [-0.4, -0.2) is 35.2 Å². The third kappa shape index (κ3) is 3.16. The number of hydrogen-bond acceptors (Lipinski definition) is 5. The summed E-state index contributed by atoms with van der Waals surface area (Å²) in [6.07, 6.45) is 5.45. The molecule has 0 fully saturated rings. The fourth-order valence-corrected chi connectivity index (χ4v) is 3.66. The highest BCUT2D eigenvalue weighted by Gasteiger charge is 2.14. The van der Waals surface area contributed by atoms with E-state index in [1.807, 2.05) is 41.2 Å². The van der Waals surface area contributed by atoms with Crippen LogP contribution < -0.4 is 0 Å². The molecule has 5 aromatic rings. The van der Waals surface area contributed by atoms with Crippen LogP contribution in [0.4, 0.5) is 0 Å².